The second kappa shape index (κ2) is 9.10. The summed E-state index contributed by atoms with van der Waals surface area (Å²) in [4.78, 5) is 58.8. The van der Waals surface area contributed by atoms with Crippen molar-refractivity contribution in [1.29, 1.82) is 0 Å². The molecule has 1 aliphatic heterocycles. The summed E-state index contributed by atoms with van der Waals surface area (Å²) in [5.74, 6) is -7.44. The van der Waals surface area contributed by atoms with Gasteiger partial charge in [0.15, 0.2) is 23.5 Å². The highest BCUT2D eigenvalue weighted by Gasteiger charge is 2.35. The summed E-state index contributed by atoms with van der Waals surface area (Å²) in [7, 11) is 0. The first-order valence-corrected chi connectivity index (χ1v) is 9.68. The van der Waals surface area contributed by atoms with E-state index >= 15 is 0 Å². The molecule has 0 amide bonds. The third kappa shape index (κ3) is 4.20. The number of aldehydes is 1. The van der Waals surface area contributed by atoms with Crippen LogP contribution in [0.2, 0.25) is 0 Å². The highest BCUT2D eigenvalue weighted by atomic mass is 16.6. The molecule has 1 aliphatic rings. The SMILES string of the molecule is Cc1cc(O)c(C=O)c2c1C(=O)Oc1c(COC(=O)CCC(=O)O)c(O)c(C(=O)O)c(C)c1O2. The molecule has 0 radical (unpaired) electrons. The third-order valence-corrected chi connectivity index (χ3v) is 5.07. The van der Waals surface area contributed by atoms with Crippen LogP contribution in [-0.2, 0) is 20.9 Å². The maximum Gasteiger partial charge on any atom is 0.347 e. The fraction of sp³-hybridized carbons (Fsp3) is 0.227. The van der Waals surface area contributed by atoms with Gasteiger partial charge in [0.1, 0.15) is 29.2 Å². The average Bonchev–Trinajstić information content (AvgIpc) is 2.89. The largest absolute Gasteiger partial charge is 0.507 e. The van der Waals surface area contributed by atoms with Crippen molar-refractivity contribution in [3.8, 4) is 28.7 Å². The van der Waals surface area contributed by atoms with E-state index in [0.717, 1.165) is 6.07 Å². The quantitative estimate of drug-likeness (QED) is 0.260. The van der Waals surface area contributed by atoms with Gasteiger partial charge in [0.2, 0.25) is 0 Å². The predicted octanol–water partition coefficient (Wildman–Crippen LogP) is 2.46. The molecular formula is C22H18O12. The van der Waals surface area contributed by atoms with Gasteiger partial charge in [-0.25, -0.2) is 9.59 Å². The number of phenolic OH excluding ortho intramolecular Hbond substituents is 1. The molecule has 0 bridgehead atoms. The molecule has 12 heteroatoms. The van der Waals surface area contributed by atoms with Crippen LogP contribution in [0.1, 0.15) is 60.6 Å². The monoisotopic (exact) mass is 474 g/mol. The number of fused-ring (bicyclic) bond motifs is 2. The molecule has 0 unspecified atom stereocenters. The first-order chi connectivity index (χ1) is 16.0. The smallest absolute Gasteiger partial charge is 0.347 e. The number of carbonyl (C=O) groups is 5. The summed E-state index contributed by atoms with van der Waals surface area (Å²) in [5.41, 5.74) is -1.71. The van der Waals surface area contributed by atoms with Gasteiger partial charge in [-0.1, -0.05) is 0 Å². The Morgan fingerprint density at radius 2 is 1.71 bits per heavy atom. The molecule has 0 saturated heterocycles. The molecular weight excluding hydrogens is 456 g/mol. The van der Waals surface area contributed by atoms with Crippen LogP contribution in [0.25, 0.3) is 0 Å². The number of aromatic carboxylic acids is 1. The van der Waals surface area contributed by atoms with E-state index in [4.69, 9.17) is 19.3 Å². The topological polar surface area (TPSA) is 194 Å². The van der Waals surface area contributed by atoms with Crippen molar-refractivity contribution >= 4 is 30.2 Å². The van der Waals surface area contributed by atoms with Gasteiger partial charge in [0.25, 0.3) is 0 Å². The Bertz CT molecular complexity index is 1260. The number of rotatable bonds is 7. The number of phenols is 2. The maximum atomic E-state index is 12.9. The minimum atomic E-state index is -1.58. The Morgan fingerprint density at radius 3 is 2.29 bits per heavy atom. The Hall–Kier alpha value is -4.61. The van der Waals surface area contributed by atoms with Gasteiger partial charge >= 0.3 is 23.9 Å². The molecule has 0 atom stereocenters. The summed E-state index contributed by atoms with van der Waals surface area (Å²) in [5, 5.41) is 39.0. The van der Waals surface area contributed by atoms with E-state index in [2.05, 4.69) is 0 Å². The number of aryl methyl sites for hydroxylation is 1. The van der Waals surface area contributed by atoms with Crippen molar-refractivity contribution < 1.29 is 58.6 Å². The number of carboxylic acids is 2. The molecule has 34 heavy (non-hydrogen) atoms. The van der Waals surface area contributed by atoms with E-state index < -0.39 is 77.3 Å². The fourth-order valence-electron chi connectivity index (χ4n) is 3.42. The van der Waals surface area contributed by atoms with Gasteiger partial charge in [-0.2, -0.15) is 0 Å². The zero-order valence-corrected chi connectivity index (χ0v) is 17.8. The summed E-state index contributed by atoms with van der Waals surface area (Å²) in [6.07, 6.45) is -0.786. The number of benzene rings is 2. The Labute approximate surface area is 190 Å². The lowest BCUT2D eigenvalue weighted by atomic mass is 10.0. The lowest BCUT2D eigenvalue weighted by Crippen LogP contribution is -2.13. The van der Waals surface area contributed by atoms with Crippen molar-refractivity contribution in [3.05, 3.63) is 39.4 Å². The van der Waals surface area contributed by atoms with Gasteiger partial charge in [-0.05, 0) is 25.5 Å². The van der Waals surface area contributed by atoms with Crippen LogP contribution >= 0.6 is 0 Å². The second-order valence-electron chi connectivity index (χ2n) is 7.28. The number of carboxylic acid groups (broad SMARTS) is 2. The van der Waals surface area contributed by atoms with Crippen LogP contribution in [-0.4, -0.2) is 50.6 Å². The minimum Gasteiger partial charge on any atom is -0.507 e. The van der Waals surface area contributed by atoms with Gasteiger partial charge in [-0.15, -0.1) is 0 Å². The Morgan fingerprint density at radius 1 is 1.03 bits per heavy atom. The fourth-order valence-corrected chi connectivity index (χ4v) is 3.42. The van der Waals surface area contributed by atoms with Crippen LogP contribution in [0.3, 0.4) is 0 Å². The lowest BCUT2D eigenvalue weighted by Gasteiger charge is -2.18. The van der Waals surface area contributed by atoms with Crippen LogP contribution in [0.15, 0.2) is 6.07 Å². The first kappa shape index (κ1) is 24.0. The normalized spacial score (nSPS) is 11.9. The van der Waals surface area contributed by atoms with Gasteiger partial charge < -0.3 is 34.6 Å². The highest BCUT2D eigenvalue weighted by Crippen LogP contribution is 2.50. The molecule has 0 aliphatic carbocycles. The first-order valence-electron chi connectivity index (χ1n) is 9.68. The molecule has 4 N–H and O–H groups in total. The summed E-state index contributed by atoms with van der Waals surface area (Å²) >= 11 is 0. The van der Waals surface area contributed by atoms with E-state index in [1.165, 1.54) is 13.8 Å². The average molecular weight is 474 g/mol. The van der Waals surface area contributed by atoms with Crippen LogP contribution in [0, 0.1) is 13.8 Å². The molecule has 178 valence electrons. The van der Waals surface area contributed by atoms with E-state index in [1.807, 2.05) is 0 Å². The zero-order chi connectivity index (χ0) is 25.3. The van der Waals surface area contributed by atoms with Crippen molar-refractivity contribution in [2.75, 3.05) is 0 Å². The third-order valence-electron chi connectivity index (χ3n) is 5.07. The second-order valence-corrected chi connectivity index (χ2v) is 7.28. The van der Waals surface area contributed by atoms with Crippen LogP contribution in [0.5, 0.6) is 28.7 Å². The van der Waals surface area contributed by atoms with Crippen molar-refractivity contribution in [1.82, 2.24) is 0 Å². The number of hydrogen-bond donors (Lipinski definition) is 4. The van der Waals surface area contributed by atoms with E-state index in [-0.39, 0.29) is 34.5 Å². The van der Waals surface area contributed by atoms with Crippen molar-refractivity contribution in [2.45, 2.75) is 33.3 Å². The molecule has 0 saturated carbocycles. The van der Waals surface area contributed by atoms with Gasteiger partial charge in [0.05, 0.1) is 24.0 Å². The molecule has 3 rings (SSSR count). The molecule has 0 aromatic heterocycles. The molecule has 0 spiro atoms. The number of carbonyl (C=O) groups excluding carboxylic acids is 3. The molecule has 0 fully saturated rings. The van der Waals surface area contributed by atoms with Gasteiger partial charge in [0, 0.05) is 5.56 Å². The molecule has 2 aromatic rings. The lowest BCUT2D eigenvalue weighted by molar-refractivity contribution is -0.148. The van der Waals surface area contributed by atoms with Crippen LogP contribution in [0.4, 0.5) is 0 Å². The minimum absolute atomic E-state index is 0.179. The standard InChI is InChI=1S/C22H18O12/c1-8-5-12(24)10(6-23)19-15(8)22(31)34-20-11(7-32-14(27)4-3-13(25)26)17(28)16(21(29)30)9(2)18(20)33-19/h5-6,24,28H,3-4,7H2,1-2H3,(H,25,26)(H,29,30). The highest BCUT2D eigenvalue weighted by molar-refractivity contribution is 6.02. The number of ether oxygens (including phenoxy) is 3. The molecule has 12 nitrogen and oxygen atoms in total. The Kier molecular flexibility index (Phi) is 6.43. The van der Waals surface area contributed by atoms with E-state index in [0.29, 0.717) is 0 Å². The number of aromatic hydroxyl groups is 2. The number of aliphatic carboxylic acids is 1. The van der Waals surface area contributed by atoms with Crippen molar-refractivity contribution in [3.63, 3.8) is 0 Å². The number of hydrogen-bond acceptors (Lipinski definition) is 10. The summed E-state index contributed by atoms with van der Waals surface area (Å²) < 4.78 is 16.0. The summed E-state index contributed by atoms with van der Waals surface area (Å²) in [6, 6.07) is 1.14. The number of esters is 2. The summed E-state index contributed by atoms with van der Waals surface area (Å²) in [6.45, 7) is 1.90. The van der Waals surface area contributed by atoms with Crippen LogP contribution < -0.4 is 9.47 Å². The zero-order valence-electron chi connectivity index (χ0n) is 17.8. The Balaban J connectivity index is 2.20. The molecule has 1 heterocycles. The van der Waals surface area contributed by atoms with Crippen molar-refractivity contribution in [2.24, 2.45) is 0 Å². The molecule has 2 aromatic carbocycles. The van der Waals surface area contributed by atoms with E-state index in [1.54, 1.807) is 0 Å². The maximum absolute atomic E-state index is 12.9. The van der Waals surface area contributed by atoms with Gasteiger partial charge in [-0.3, -0.25) is 14.4 Å². The van der Waals surface area contributed by atoms with E-state index in [9.17, 15) is 39.3 Å². The predicted molar refractivity (Wildman–Crippen MR) is 110 cm³/mol.